The second-order valence-corrected chi connectivity index (χ2v) is 7.55. The minimum Gasteiger partial charge on any atom is -1.00 e. The summed E-state index contributed by atoms with van der Waals surface area (Å²) in [6, 6.07) is 19.7. The molecule has 0 atom stereocenters. The third-order valence-corrected chi connectivity index (χ3v) is 6.03. The quantitative estimate of drug-likeness (QED) is 0.280. The van der Waals surface area contributed by atoms with E-state index in [9.17, 15) is 0 Å². The van der Waals surface area contributed by atoms with E-state index in [2.05, 4.69) is 94.0 Å². The maximum atomic E-state index is 5.00. The molecular formula is C25H16ClN3. The first-order valence-corrected chi connectivity index (χ1v) is 9.63. The number of aromatic nitrogens is 3. The summed E-state index contributed by atoms with van der Waals surface area (Å²) in [4.78, 5) is 5.00. The summed E-state index contributed by atoms with van der Waals surface area (Å²) < 4.78 is 4.57. The zero-order valence-corrected chi connectivity index (χ0v) is 16.3. The summed E-state index contributed by atoms with van der Waals surface area (Å²) in [7, 11) is 0. The van der Waals surface area contributed by atoms with Gasteiger partial charge in [-0.2, -0.15) is 4.40 Å². The van der Waals surface area contributed by atoms with Crippen molar-refractivity contribution in [2.75, 3.05) is 0 Å². The number of rotatable bonds is 0. The van der Waals surface area contributed by atoms with Crippen molar-refractivity contribution in [1.82, 2.24) is 9.38 Å². The van der Waals surface area contributed by atoms with Crippen molar-refractivity contribution in [1.29, 1.82) is 0 Å². The minimum absolute atomic E-state index is 0. The first-order valence-electron chi connectivity index (χ1n) is 9.63. The van der Waals surface area contributed by atoms with E-state index in [0.717, 1.165) is 17.5 Å². The predicted molar refractivity (Wildman–Crippen MR) is 113 cm³/mol. The molecule has 1 aliphatic rings. The summed E-state index contributed by atoms with van der Waals surface area (Å²) in [5.41, 5.74) is 7.13. The van der Waals surface area contributed by atoms with Gasteiger partial charge in [0.05, 0.1) is 27.3 Å². The van der Waals surface area contributed by atoms with E-state index in [0.29, 0.717) is 0 Å². The van der Waals surface area contributed by atoms with Gasteiger partial charge in [-0.25, -0.2) is 4.98 Å². The van der Waals surface area contributed by atoms with Crippen molar-refractivity contribution < 1.29 is 16.8 Å². The van der Waals surface area contributed by atoms with E-state index in [-0.39, 0.29) is 12.4 Å². The van der Waals surface area contributed by atoms with Gasteiger partial charge in [-0.3, -0.25) is 0 Å². The molecule has 1 aliphatic carbocycles. The Kier molecular flexibility index (Phi) is 3.30. The van der Waals surface area contributed by atoms with Crippen LogP contribution in [0.25, 0.3) is 49.8 Å². The molecule has 1 aromatic carbocycles. The molecule has 5 aromatic heterocycles. The average molecular weight is 394 g/mol. The standard InChI is InChI=1S/C25H16N3.ClH/c1-3-7-22-16(5-1)13-24-18-15-19-21(26-20(18)9-11-27(22)24)10-12-28-23-8-4-2-6-17(23)14-25(19)28;/h1-5,7-15H,6H2;1H/q+1;/p-1. The predicted octanol–water partition coefficient (Wildman–Crippen LogP) is 1.15. The van der Waals surface area contributed by atoms with Gasteiger partial charge >= 0.3 is 0 Å². The number of pyridine rings is 3. The molecule has 0 N–H and O–H groups in total. The van der Waals surface area contributed by atoms with E-state index in [4.69, 9.17) is 4.98 Å². The second kappa shape index (κ2) is 5.79. The van der Waals surface area contributed by atoms with Crippen LogP contribution in [0.4, 0.5) is 0 Å². The van der Waals surface area contributed by atoms with Gasteiger partial charge in [-0.15, -0.1) is 0 Å². The highest BCUT2D eigenvalue weighted by Crippen LogP contribution is 2.27. The van der Waals surface area contributed by atoms with Crippen LogP contribution in [0.5, 0.6) is 0 Å². The largest absolute Gasteiger partial charge is 1.00 e. The Labute approximate surface area is 172 Å². The van der Waals surface area contributed by atoms with E-state index in [1.807, 2.05) is 0 Å². The Bertz CT molecular complexity index is 1690. The van der Waals surface area contributed by atoms with Gasteiger partial charge in [0.1, 0.15) is 0 Å². The zero-order valence-electron chi connectivity index (χ0n) is 15.5. The Balaban J connectivity index is 0.00000165. The first kappa shape index (κ1) is 16.5. The Morgan fingerprint density at radius 2 is 1.79 bits per heavy atom. The molecule has 0 bridgehead atoms. The van der Waals surface area contributed by atoms with Gasteiger partial charge in [0, 0.05) is 35.1 Å². The molecule has 138 valence electrons. The summed E-state index contributed by atoms with van der Waals surface area (Å²) in [6.07, 6.45) is 11.8. The monoisotopic (exact) mass is 393 g/mol. The Morgan fingerprint density at radius 1 is 0.897 bits per heavy atom. The molecule has 0 aliphatic heterocycles. The van der Waals surface area contributed by atoms with E-state index in [1.54, 1.807) is 0 Å². The number of hydrogen-bond acceptors (Lipinski definition) is 1. The third kappa shape index (κ3) is 2.13. The molecule has 7 rings (SSSR count). The molecule has 0 saturated heterocycles. The van der Waals surface area contributed by atoms with Crippen LogP contribution in [-0.2, 0) is 6.42 Å². The van der Waals surface area contributed by atoms with Gasteiger partial charge in [0.2, 0.25) is 11.0 Å². The van der Waals surface area contributed by atoms with Crippen LogP contribution in [0.1, 0.15) is 5.56 Å². The van der Waals surface area contributed by atoms with E-state index in [1.165, 1.54) is 43.6 Å². The number of halogens is 1. The van der Waals surface area contributed by atoms with Crippen molar-refractivity contribution in [2.24, 2.45) is 0 Å². The molecule has 5 heterocycles. The van der Waals surface area contributed by atoms with Crippen molar-refractivity contribution in [3.63, 3.8) is 0 Å². The van der Waals surface area contributed by atoms with Crippen LogP contribution in [0.2, 0.25) is 0 Å². The first-order chi connectivity index (χ1) is 13.9. The molecule has 0 fully saturated rings. The molecule has 0 spiro atoms. The van der Waals surface area contributed by atoms with E-state index < -0.39 is 0 Å². The Hall–Kier alpha value is -3.43. The lowest BCUT2D eigenvalue weighted by Crippen LogP contribution is -3.00. The number of hydrogen-bond donors (Lipinski definition) is 0. The molecule has 6 aromatic rings. The lowest BCUT2D eigenvalue weighted by molar-refractivity contribution is -0.478. The summed E-state index contributed by atoms with van der Waals surface area (Å²) in [5.74, 6) is 0. The molecular weight excluding hydrogens is 378 g/mol. The maximum absolute atomic E-state index is 5.00. The average Bonchev–Trinajstić information content (AvgIpc) is 3.31. The fourth-order valence-corrected chi connectivity index (χ4v) is 4.71. The molecule has 29 heavy (non-hydrogen) atoms. The fourth-order valence-electron chi connectivity index (χ4n) is 4.71. The number of nitrogens with zero attached hydrogens (tertiary/aromatic N) is 3. The van der Waals surface area contributed by atoms with Crippen molar-refractivity contribution in [3.8, 4) is 0 Å². The highest BCUT2D eigenvalue weighted by molar-refractivity contribution is 6.06. The zero-order chi connectivity index (χ0) is 18.2. The molecule has 3 nitrogen and oxygen atoms in total. The van der Waals surface area contributed by atoms with Gasteiger partial charge in [0.25, 0.3) is 0 Å². The van der Waals surface area contributed by atoms with Gasteiger partial charge in [-0.05, 0) is 42.3 Å². The lowest BCUT2D eigenvalue weighted by Gasteiger charge is -2.04. The van der Waals surface area contributed by atoms with E-state index >= 15 is 0 Å². The van der Waals surface area contributed by atoms with Crippen LogP contribution in [0.3, 0.4) is 0 Å². The summed E-state index contributed by atoms with van der Waals surface area (Å²) in [6.45, 7) is 0. The van der Waals surface area contributed by atoms with Crippen LogP contribution >= 0.6 is 0 Å². The number of allylic oxidation sites excluding steroid dienone is 2. The van der Waals surface area contributed by atoms with Gasteiger partial charge in [0.15, 0.2) is 6.20 Å². The van der Waals surface area contributed by atoms with Crippen LogP contribution in [0.15, 0.2) is 79.1 Å². The highest BCUT2D eigenvalue weighted by Gasteiger charge is 2.17. The molecule has 0 amide bonds. The van der Waals surface area contributed by atoms with Crippen molar-refractivity contribution >= 4 is 49.8 Å². The second-order valence-electron chi connectivity index (χ2n) is 7.55. The molecule has 4 heteroatoms. The number of fused-ring (bicyclic) bond motifs is 10. The smallest absolute Gasteiger partial charge is 0.221 e. The number of benzene rings is 1. The third-order valence-electron chi connectivity index (χ3n) is 6.03. The maximum Gasteiger partial charge on any atom is 0.221 e. The van der Waals surface area contributed by atoms with Gasteiger partial charge in [-0.1, -0.05) is 24.3 Å². The SMILES string of the molecule is C1=CCc2cc3c4cc5c(cc[n+]6c7ccccc7cc56)nc4ccn3c2=C1.[Cl-]. The Morgan fingerprint density at radius 3 is 2.76 bits per heavy atom. The molecule has 0 radical (unpaired) electrons. The summed E-state index contributed by atoms with van der Waals surface area (Å²) in [5, 5.41) is 4.94. The van der Waals surface area contributed by atoms with Crippen LogP contribution in [-0.4, -0.2) is 9.38 Å². The van der Waals surface area contributed by atoms with Crippen LogP contribution < -0.4 is 22.2 Å². The minimum atomic E-state index is 0. The van der Waals surface area contributed by atoms with Crippen molar-refractivity contribution in [3.05, 3.63) is 90.1 Å². The molecule has 0 saturated carbocycles. The van der Waals surface area contributed by atoms with Gasteiger partial charge < -0.3 is 16.8 Å². The van der Waals surface area contributed by atoms with Crippen LogP contribution in [0, 0.1) is 0 Å². The summed E-state index contributed by atoms with van der Waals surface area (Å²) >= 11 is 0. The van der Waals surface area contributed by atoms with Crippen molar-refractivity contribution in [2.45, 2.75) is 6.42 Å². The lowest BCUT2D eigenvalue weighted by atomic mass is 10.1. The topological polar surface area (TPSA) is 21.4 Å². The highest BCUT2D eigenvalue weighted by atomic mass is 35.5. The molecule has 0 unspecified atom stereocenters. The number of para-hydroxylation sites is 1. The normalized spacial score (nSPS) is 13.2. The fraction of sp³-hybridized carbons (Fsp3) is 0.0400.